The van der Waals surface area contributed by atoms with E-state index < -0.39 is 0 Å². The smallest absolute Gasteiger partial charge is 0.317 e. The molecule has 7 nitrogen and oxygen atoms in total. The Balaban J connectivity index is 1.27. The number of nitrogens with one attached hydrogen (secondary N) is 2. The Morgan fingerprint density at radius 1 is 0.893 bits per heavy atom. The molecule has 0 aromatic heterocycles. The monoisotopic (exact) mass is 390 g/mol. The standard InChI is InChI=1S/C21H34N4O3/c1-14(2)23-18(26)13-22-20(28)25-5-3-24(4-6-25)19(27)21-10-15-7-16(11-21)9-17(8-15)12-21/h14-17H,3-13H2,1-2H3,(H,22,28)(H,23,26). The van der Waals surface area contributed by atoms with Gasteiger partial charge < -0.3 is 20.4 Å². The summed E-state index contributed by atoms with van der Waals surface area (Å²) in [5, 5.41) is 5.44. The molecule has 1 aliphatic heterocycles. The summed E-state index contributed by atoms with van der Waals surface area (Å²) in [6, 6.07) is -0.163. The van der Waals surface area contributed by atoms with Gasteiger partial charge in [-0.25, -0.2) is 4.79 Å². The molecule has 0 aromatic carbocycles. The van der Waals surface area contributed by atoms with E-state index in [4.69, 9.17) is 0 Å². The van der Waals surface area contributed by atoms with E-state index in [0.717, 1.165) is 37.0 Å². The zero-order valence-corrected chi connectivity index (χ0v) is 17.2. The molecule has 4 amide bonds. The van der Waals surface area contributed by atoms with Crippen molar-refractivity contribution in [1.29, 1.82) is 0 Å². The normalized spacial score (nSPS) is 33.9. The summed E-state index contributed by atoms with van der Waals surface area (Å²) in [6.07, 6.45) is 7.27. The Kier molecular flexibility index (Phi) is 5.27. The summed E-state index contributed by atoms with van der Waals surface area (Å²) < 4.78 is 0. The van der Waals surface area contributed by atoms with Gasteiger partial charge in [0.25, 0.3) is 0 Å². The van der Waals surface area contributed by atoms with Crippen molar-refractivity contribution in [2.24, 2.45) is 23.2 Å². The molecular formula is C21H34N4O3. The lowest BCUT2D eigenvalue weighted by molar-refractivity contribution is -0.159. The largest absolute Gasteiger partial charge is 0.352 e. The zero-order chi connectivity index (χ0) is 19.9. The van der Waals surface area contributed by atoms with Crippen LogP contribution in [0.4, 0.5) is 4.79 Å². The fourth-order valence-corrected chi connectivity index (χ4v) is 6.46. The van der Waals surface area contributed by atoms with Gasteiger partial charge in [-0.05, 0) is 70.1 Å². The van der Waals surface area contributed by atoms with E-state index in [0.29, 0.717) is 32.1 Å². The molecule has 2 N–H and O–H groups in total. The Bertz CT molecular complexity index is 604. The minimum atomic E-state index is -0.221. The maximum atomic E-state index is 13.4. The highest BCUT2D eigenvalue weighted by Gasteiger charge is 2.55. The van der Waals surface area contributed by atoms with E-state index in [1.165, 1.54) is 19.3 Å². The number of hydrogen-bond acceptors (Lipinski definition) is 3. The van der Waals surface area contributed by atoms with Crippen LogP contribution in [-0.4, -0.2) is 66.4 Å². The van der Waals surface area contributed by atoms with Crippen LogP contribution in [0.5, 0.6) is 0 Å². The van der Waals surface area contributed by atoms with Gasteiger partial charge in [-0.1, -0.05) is 0 Å². The molecule has 4 aliphatic carbocycles. The summed E-state index contributed by atoms with van der Waals surface area (Å²) in [7, 11) is 0. The lowest BCUT2D eigenvalue weighted by Gasteiger charge is -2.57. The molecule has 5 rings (SSSR count). The summed E-state index contributed by atoms with van der Waals surface area (Å²) in [4.78, 5) is 41.1. The van der Waals surface area contributed by atoms with E-state index in [1.54, 1.807) is 4.90 Å². The molecule has 0 unspecified atom stereocenters. The van der Waals surface area contributed by atoms with Crippen LogP contribution < -0.4 is 10.6 Å². The van der Waals surface area contributed by atoms with Crippen LogP contribution >= 0.6 is 0 Å². The van der Waals surface area contributed by atoms with Crippen molar-refractivity contribution < 1.29 is 14.4 Å². The molecule has 7 heteroatoms. The molecule has 4 saturated carbocycles. The van der Waals surface area contributed by atoms with Gasteiger partial charge in [0.2, 0.25) is 11.8 Å². The van der Waals surface area contributed by atoms with Crippen molar-refractivity contribution in [2.75, 3.05) is 32.7 Å². The predicted octanol–water partition coefficient (Wildman–Crippen LogP) is 1.58. The molecule has 4 bridgehead atoms. The SMILES string of the molecule is CC(C)NC(=O)CNC(=O)N1CCN(C(=O)C23CC4CC(CC(C4)C2)C3)CC1. The van der Waals surface area contributed by atoms with Crippen molar-refractivity contribution >= 4 is 17.8 Å². The molecule has 0 radical (unpaired) electrons. The number of nitrogens with zero attached hydrogens (tertiary/aromatic N) is 2. The molecule has 156 valence electrons. The molecule has 0 aromatic rings. The highest BCUT2D eigenvalue weighted by Crippen LogP contribution is 2.60. The summed E-state index contributed by atoms with van der Waals surface area (Å²) in [5.74, 6) is 2.46. The Morgan fingerprint density at radius 3 is 1.89 bits per heavy atom. The van der Waals surface area contributed by atoms with E-state index in [9.17, 15) is 14.4 Å². The van der Waals surface area contributed by atoms with Gasteiger partial charge >= 0.3 is 6.03 Å². The molecule has 5 aliphatic rings. The van der Waals surface area contributed by atoms with Gasteiger partial charge in [0, 0.05) is 32.2 Å². The number of amides is 4. The number of piperazine rings is 1. The number of rotatable bonds is 4. The third-order valence-electron chi connectivity index (χ3n) is 7.20. The first kappa shape index (κ1) is 19.5. The number of hydrogen-bond donors (Lipinski definition) is 2. The van der Waals surface area contributed by atoms with Gasteiger partial charge in [0.1, 0.15) is 0 Å². The van der Waals surface area contributed by atoms with Crippen molar-refractivity contribution in [3.63, 3.8) is 0 Å². The van der Waals surface area contributed by atoms with E-state index >= 15 is 0 Å². The first-order chi connectivity index (χ1) is 13.3. The quantitative estimate of drug-likeness (QED) is 0.765. The number of carbonyl (C=O) groups is 3. The fourth-order valence-electron chi connectivity index (χ4n) is 6.46. The fraction of sp³-hybridized carbons (Fsp3) is 0.857. The van der Waals surface area contributed by atoms with Gasteiger partial charge in [-0.3, -0.25) is 9.59 Å². The maximum Gasteiger partial charge on any atom is 0.317 e. The van der Waals surface area contributed by atoms with Crippen molar-refractivity contribution in [1.82, 2.24) is 20.4 Å². The molecule has 1 saturated heterocycles. The van der Waals surface area contributed by atoms with Crippen LogP contribution in [0.25, 0.3) is 0 Å². The molecule has 0 atom stereocenters. The van der Waals surface area contributed by atoms with Crippen LogP contribution in [0, 0.1) is 23.2 Å². The zero-order valence-electron chi connectivity index (χ0n) is 17.2. The van der Waals surface area contributed by atoms with E-state index in [-0.39, 0.29) is 29.9 Å². The molecule has 1 heterocycles. The predicted molar refractivity (Wildman–Crippen MR) is 105 cm³/mol. The number of urea groups is 1. The highest BCUT2D eigenvalue weighted by atomic mass is 16.2. The second-order valence-electron chi connectivity index (χ2n) is 9.86. The van der Waals surface area contributed by atoms with Gasteiger partial charge in [0.15, 0.2) is 0 Å². The van der Waals surface area contributed by atoms with Gasteiger partial charge in [-0.15, -0.1) is 0 Å². The topological polar surface area (TPSA) is 81.8 Å². The molecule has 28 heavy (non-hydrogen) atoms. The number of carbonyl (C=O) groups excluding carboxylic acids is 3. The highest BCUT2D eigenvalue weighted by molar-refractivity contribution is 5.85. The first-order valence-corrected chi connectivity index (χ1v) is 11.0. The van der Waals surface area contributed by atoms with Crippen molar-refractivity contribution in [3.05, 3.63) is 0 Å². The van der Waals surface area contributed by atoms with Gasteiger partial charge in [-0.2, -0.15) is 0 Å². The van der Waals surface area contributed by atoms with Crippen molar-refractivity contribution in [3.8, 4) is 0 Å². The van der Waals surface area contributed by atoms with E-state index in [1.807, 2.05) is 18.7 Å². The minimum absolute atomic E-state index is 0.0105. The Morgan fingerprint density at radius 2 is 1.39 bits per heavy atom. The minimum Gasteiger partial charge on any atom is -0.352 e. The van der Waals surface area contributed by atoms with E-state index in [2.05, 4.69) is 10.6 Å². The summed E-state index contributed by atoms with van der Waals surface area (Å²) in [5.41, 5.74) is -0.103. The van der Waals surface area contributed by atoms with Crippen LogP contribution in [0.2, 0.25) is 0 Å². The lowest BCUT2D eigenvalue weighted by Crippen LogP contribution is -2.59. The average Bonchev–Trinajstić information content (AvgIpc) is 2.64. The second kappa shape index (κ2) is 7.56. The third-order valence-corrected chi connectivity index (χ3v) is 7.20. The average molecular weight is 391 g/mol. The van der Waals surface area contributed by atoms with Crippen LogP contribution in [0.15, 0.2) is 0 Å². The Hall–Kier alpha value is -1.79. The molecule has 0 spiro atoms. The van der Waals surface area contributed by atoms with Crippen molar-refractivity contribution in [2.45, 2.75) is 58.4 Å². The molecule has 5 fully saturated rings. The molecular weight excluding hydrogens is 356 g/mol. The van der Waals surface area contributed by atoms with Crippen LogP contribution in [-0.2, 0) is 9.59 Å². The maximum absolute atomic E-state index is 13.4. The first-order valence-electron chi connectivity index (χ1n) is 11.0. The summed E-state index contributed by atoms with van der Waals surface area (Å²) in [6.45, 7) is 6.05. The summed E-state index contributed by atoms with van der Waals surface area (Å²) >= 11 is 0. The van der Waals surface area contributed by atoms with Crippen LogP contribution in [0.3, 0.4) is 0 Å². The third kappa shape index (κ3) is 3.85. The van der Waals surface area contributed by atoms with Gasteiger partial charge in [0.05, 0.1) is 12.0 Å². The Labute approximate surface area is 167 Å². The lowest BCUT2D eigenvalue weighted by atomic mass is 9.49. The van der Waals surface area contributed by atoms with Crippen LogP contribution in [0.1, 0.15) is 52.4 Å². The second-order valence-corrected chi connectivity index (χ2v) is 9.86.